The monoisotopic (exact) mass is 442 g/mol. The van der Waals surface area contributed by atoms with Gasteiger partial charge in [0.05, 0.1) is 35.2 Å². The normalized spacial score (nSPS) is 19.7. The number of amides is 1. The number of carbonyl (C=O) groups is 1. The Morgan fingerprint density at radius 1 is 1.16 bits per heavy atom. The number of morpholine rings is 1. The minimum atomic E-state index is -0.313. The molecule has 3 aromatic rings. The number of hydrogen-bond donors (Lipinski definition) is 1. The zero-order valence-electron chi connectivity index (χ0n) is 17.1. The van der Waals surface area contributed by atoms with E-state index in [0.717, 1.165) is 30.6 Å². The van der Waals surface area contributed by atoms with E-state index in [1.54, 1.807) is 6.07 Å². The van der Waals surface area contributed by atoms with Gasteiger partial charge in [0.2, 0.25) is 5.91 Å². The Hall–Kier alpha value is -2.64. The summed E-state index contributed by atoms with van der Waals surface area (Å²) in [7, 11) is 0. The Kier molecular flexibility index (Phi) is 5.54. The Morgan fingerprint density at radius 2 is 2.00 bits per heavy atom. The number of H-pyrrole nitrogens is 1. The summed E-state index contributed by atoms with van der Waals surface area (Å²) in [5, 5.41) is 0.571. The average Bonchev–Trinajstić information content (AvgIpc) is 3.22. The lowest BCUT2D eigenvalue weighted by Crippen LogP contribution is -2.48. The standard InChI is InChI=1S/C23H24ClFN4O2/c24-19-5-4-17(13-18(19)22-26-20-6-3-16(25)12-21(20)27-22)29-7-1-2-15(14-29)23(30)28-8-10-31-11-9-28/h3-6,12-13,15H,1-2,7-11,14H2,(H,26,27). The topological polar surface area (TPSA) is 61.5 Å². The molecule has 0 saturated carbocycles. The minimum Gasteiger partial charge on any atom is -0.378 e. The van der Waals surface area contributed by atoms with Crippen LogP contribution in [0.2, 0.25) is 5.02 Å². The molecule has 1 aromatic heterocycles. The second-order valence-electron chi connectivity index (χ2n) is 8.13. The molecule has 2 aliphatic rings. The molecule has 162 valence electrons. The smallest absolute Gasteiger partial charge is 0.227 e. The fourth-order valence-corrected chi connectivity index (χ4v) is 4.66. The Morgan fingerprint density at radius 3 is 2.84 bits per heavy atom. The van der Waals surface area contributed by atoms with Gasteiger partial charge in [-0.25, -0.2) is 9.37 Å². The number of halogens is 2. The van der Waals surface area contributed by atoms with E-state index in [1.807, 2.05) is 23.1 Å². The van der Waals surface area contributed by atoms with Gasteiger partial charge in [0.1, 0.15) is 11.6 Å². The molecule has 2 saturated heterocycles. The molecular formula is C23H24ClFN4O2. The third-order valence-electron chi connectivity index (χ3n) is 6.11. The first-order valence-corrected chi connectivity index (χ1v) is 11.0. The SMILES string of the molecule is O=C(C1CCCN(c2ccc(Cl)c(-c3nc4ccc(F)cc4[nH]3)c2)C1)N1CCOCC1. The van der Waals surface area contributed by atoms with Crippen LogP contribution in [0, 0.1) is 11.7 Å². The van der Waals surface area contributed by atoms with Gasteiger partial charge >= 0.3 is 0 Å². The number of imidazole rings is 1. The summed E-state index contributed by atoms with van der Waals surface area (Å²) in [6.07, 6.45) is 1.87. The molecule has 1 atom stereocenters. The van der Waals surface area contributed by atoms with E-state index in [2.05, 4.69) is 14.9 Å². The largest absolute Gasteiger partial charge is 0.378 e. The van der Waals surface area contributed by atoms with E-state index in [-0.39, 0.29) is 17.6 Å². The predicted octanol–water partition coefficient (Wildman–Crippen LogP) is 4.10. The summed E-state index contributed by atoms with van der Waals surface area (Å²) in [6.45, 7) is 4.15. The maximum absolute atomic E-state index is 13.6. The summed E-state index contributed by atoms with van der Waals surface area (Å²) in [6, 6.07) is 10.3. The molecule has 1 amide bonds. The highest BCUT2D eigenvalue weighted by molar-refractivity contribution is 6.33. The number of ether oxygens (including phenoxy) is 1. The lowest BCUT2D eigenvalue weighted by molar-refractivity contribution is -0.139. The number of nitrogens with zero attached hydrogens (tertiary/aromatic N) is 3. The first-order chi connectivity index (χ1) is 15.1. The molecule has 1 N–H and O–H groups in total. The van der Waals surface area contributed by atoms with Crippen LogP contribution in [0.3, 0.4) is 0 Å². The van der Waals surface area contributed by atoms with Gasteiger partial charge in [0, 0.05) is 37.4 Å². The van der Waals surface area contributed by atoms with Crippen LogP contribution < -0.4 is 4.90 Å². The Labute approximate surface area is 185 Å². The van der Waals surface area contributed by atoms with Crippen molar-refractivity contribution in [2.45, 2.75) is 12.8 Å². The maximum Gasteiger partial charge on any atom is 0.227 e. The number of carbonyl (C=O) groups excluding carboxylic acids is 1. The Bertz CT molecular complexity index is 1110. The minimum absolute atomic E-state index is 0.0137. The number of benzene rings is 2. The quantitative estimate of drug-likeness (QED) is 0.663. The van der Waals surface area contributed by atoms with E-state index in [4.69, 9.17) is 16.3 Å². The van der Waals surface area contributed by atoms with Crippen LogP contribution in [0.4, 0.5) is 10.1 Å². The van der Waals surface area contributed by atoms with Gasteiger partial charge in [-0.1, -0.05) is 11.6 Å². The summed E-state index contributed by atoms with van der Waals surface area (Å²) in [4.78, 5) is 24.9. The summed E-state index contributed by atoms with van der Waals surface area (Å²) in [5.41, 5.74) is 3.08. The molecule has 2 aliphatic heterocycles. The van der Waals surface area contributed by atoms with Gasteiger partial charge in [0.15, 0.2) is 0 Å². The highest BCUT2D eigenvalue weighted by Gasteiger charge is 2.30. The lowest BCUT2D eigenvalue weighted by atomic mass is 9.95. The zero-order valence-corrected chi connectivity index (χ0v) is 17.9. The summed E-state index contributed by atoms with van der Waals surface area (Å²) in [5.74, 6) is 0.499. The Balaban J connectivity index is 1.39. The number of fused-ring (bicyclic) bond motifs is 1. The molecule has 2 aromatic carbocycles. The second-order valence-corrected chi connectivity index (χ2v) is 8.54. The van der Waals surface area contributed by atoms with Crippen molar-refractivity contribution >= 4 is 34.2 Å². The molecule has 0 aliphatic carbocycles. The van der Waals surface area contributed by atoms with Gasteiger partial charge in [-0.2, -0.15) is 0 Å². The van der Waals surface area contributed by atoms with Gasteiger partial charge < -0.3 is 19.5 Å². The van der Waals surface area contributed by atoms with Gasteiger partial charge in [-0.3, -0.25) is 4.79 Å². The number of nitrogens with one attached hydrogen (secondary N) is 1. The number of anilines is 1. The summed E-state index contributed by atoms with van der Waals surface area (Å²) < 4.78 is 18.9. The number of aromatic amines is 1. The van der Waals surface area contributed by atoms with Crippen LogP contribution in [-0.2, 0) is 9.53 Å². The van der Waals surface area contributed by atoms with Gasteiger partial charge in [-0.15, -0.1) is 0 Å². The first kappa shape index (κ1) is 20.3. The van der Waals surface area contributed by atoms with Crippen molar-refractivity contribution in [1.82, 2.24) is 14.9 Å². The zero-order chi connectivity index (χ0) is 21.4. The number of rotatable bonds is 3. The lowest BCUT2D eigenvalue weighted by Gasteiger charge is -2.37. The highest BCUT2D eigenvalue weighted by atomic mass is 35.5. The molecule has 6 nitrogen and oxygen atoms in total. The van der Waals surface area contributed by atoms with Gasteiger partial charge in [0.25, 0.3) is 0 Å². The molecule has 0 bridgehead atoms. The van der Waals surface area contributed by atoms with E-state index < -0.39 is 0 Å². The van der Waals surface area contributed by atoms with Crippen LogP contribution >= 0.6 is 11.6 Å². The first-order valence-electron chi connectivity index (χ1n) is 10.7. The molecule has 1 unspecified atom stereocenters. The molecule has 0 radical (unpaired) electrons. The van der Waals surface area contributed by atoms with Crippen molar-refractivity contribution < 1.29 is 13.9 Å². The highest BCUT2D eigenvalue weighted by Crippen LogP contribution is 2.33. The van der Waals surface area contributed by atoms with Crippen molar-refractivity contribution in [2.24, 2.45) is 5.92 Å². The van der Waals surface area contributed by atoms with E-state index in [1.165, 1.54) is 12.1 Å². The molecule has 5 rings (SSSR count). The number of piperidine rings is 1. The van der Waals surface area contributed by atoms with Crippen molar-refractivity contribution in [3.63, 3.8) is 0 Å². The van der Waals surface area contributed by atoms with Crippen LogP contribution in [0.1, 0.15) is 12.8 Å². The van der Waals surface area contributed by atoms with Crippen LogP contribution in [0.5, 0.6) is 0 Å². The average molecular weight is 443 g/mol. The van der Waals surface area contributed by atoms with Crippen LogP contribution in [0.25, 0.3) is 22.4 Å². The van der Waals surface area contributed by atoms with Crippen molar-refractivity contribution in [3.8, 4) is 11.4 Å². The third kappa shape index (κ3) is 4.12. The van der Waals surface area contributed by atoms with Gasteiger partial charge in [-0.05, 0) is 49.2 Å². The van der Waals surface area contributed by atoms with Crippen molar-refractivity contribution in [1.29, 1.82) is 0 Å². The van der Waals surface area contributed by atoms with E-state index in [9.17, 15) is 9.18 Å². The number of hydrogen-bond acceptors (Lipinski definition) is 4. The molecule has 31 heavy (non-hydrogen) atoms. The third-order valence-corrected chi connectivity index (χ3v) is 6.44. The molecule has 3 heterocycles. The fraction of sp³-hybridized carbons (Fsp3) is 0.391. The molecule has 8 heteroatoms. The number of aromatic nitrogens is 2. The molecular weight excluding hydrogens is 419 g/mol. The van der Waals surface area contributed by atoms with E-state index >= 15 is 0 Å². The van der Waals surface area contributed by atoms with E-state index in [0.29, 0.717) is 54.7 Å². The summed E-state index contributed by atoms with van der Waals surface area (Å²) >= 11 is 6.48. The molecule has 0 spiro atoms. The van der Waals surface area contributed by atoms with Crippen LogP contribution in [-0.4, -0.2) is 60.2 Å². The van der Waals surface area contributed by atoms with Crippen molar-refractivity contribution in [2.75, 3.05) is 44.3 Å². The van der Waals surface area contributed by atoms with Crippen molar-refractivity contribution in [3.05, 3.63) is 47.2 Å². The maximum atomic E-state index is 13.6. The predicted molar refractivity (Wildman–Crippen MR) is 119 cm³/mol. The fourth-order valence-electron chi connectivity index (χ4n) is 4.46. The van der Waals surface area contributed by atoms with Crippen LogP contribution in [0.15, 0.2) is 36.4 Å². The molecule has 2 fully saturated rings. The second kappa shape index (κ2) is 8.48.